The number of rotatable bonds is 3. The van der Waals surface area contributed by atoms with Crippen molar-refractivity contribution in [3.63, 3.8) is 0 Å². The predicted molar refractivity (Wildman–Crippen MR) is 75.1 cm³/mol. The van der Waals surface area contributed by atoms with Gasteiger partial charge in [0.1, 0.15) is 0 Å². The minimum atomic E-state index is -0.0319. The third-order valence-corrected chi connectivity index (χ3v) is 3.28. The van der Waals surface area contributed by atoms with E-state index in [1.165, 1.54) is 5.56 Å². The molecule has 2 rings (SSSR count). The molecule has 1 heterocycles. The van der Waals surface area contributed by atoms with Gasteiger partial charge in [0, 0.05) is 23.4 Å². The topological polar surface area (TPSA) is 57.8 Å². The summed E-state index contributed by atoms with van der Waals surface area (Å²) in [5, 5.41) is 9.75. The Kier molecular flexibility index (Phi) is 3.69. The predicted octanol–water partition coefficient (Wildman–Crippen LogP) is 2.57. The Balaban J connectivity index is 2.15. The number of carbonyl (C=O) groups is 1. The normalized spacial score (nSPS) is 10.5. The summed E-state index contributed by atoms with van der Waals surface area (Å²) in [4.78, 5) is 12.3. The standard InChI is InChI=1S/C15H19N3O/c1-9-5-10(2)14(11(3)6-9)15(19)16-7-13-8-17-18-12(13)4/h5-6,8H,7H2,1-4H3,(H,16,19)(H,17,18). The van der Waals surface area contributed by atoms with Gasteiger partial charge < -0.3 is 5.32 Å². The van der Waals surface area contributed by atoms with Crippen molar-refractivity contribution in [2.45, 2.75) is 34.2 Å². The van der Waals surface area contributed by atoms with E-state index in [-0.39, 0.29) is 5.91 Å². The number of nitrogens with one attached hydrogen (secondary N) is 2. The van der Waals surface area contributed by atoms with Crippen LogP contribution in [0.3, 0.4) is 0 Å². The SMILES string of the molecule is Cc1cc(C)c(C(=O)NCc2cn[nH]c2C)c(C)c1. The van der Waals surface area contributed by atoms with Crippen LogP contribution >= 0.6 is 0 Å². The first-order chi connectivity index (χ1) is 8.99. The molecule has 0 radical (unpaired) electrons. The molecule has 0 spiro atoms. The Hall–Kier alpha value is -2.10. The highest BCUT2D eigenvalue weighted by Gasteiger charge is 2.13. The molecule has 0 atom stereocenters. The van der Waals surface area contributed by atoms with Crippen molar-refractivity contribution in [2.24, 2.45) is 0 Å². The van der Waals surface area contributed by atoms with Crippen LogP contribution in [0.25, 0.3) is 0 Å². The Morgan fingerprint density at radius 1 is 1.21 bits per heavy atom. The van der Waals surface area contributed by atoms with Gasteiger partial charge in [-0.15, -0.1) is 0 Å². The van der Waals surface area contributed by atoms with Gasteiger partial charge in [0.2, 0.25) is 0 Å². The number of amides is 1. The number of carbonyl (C=O) groups excluding carboxylic acids is 1. The molecule has 2 aromatic rings. The molecule has 19 heavy (non-hydrogen) atoms. The number of nitrogens with zero attached hydrogens (tertiary/aromatic N) is 1. The maximum Gasteiger partial charge on any atom is 0.252 e. The third-order valence-electron chi connectivity index (χ3n) is 3.28. The van der Waals surface area contributed by atoms with E-state index in [2.05, 4.69) is 15.5 Å². The number of benzene rings is 1. The molecule has 1 amide bonds. The van der Waals surface area contributed by atoms with Gasteiger partial charge in [-0.05, 0) is 38.8 Å². The summed E-state index contributed by atoms with van der Waals surface area (Å²) in [7, 11) is 0. The fourth-order valence-electron chi connectivity index (χ4n) is 2.36. The first-order valence-corrected chi connectivity index (χ1v) is 6.34. The van der Waals surface area contributed by atoms with Crippen LogP contribution in [-0.4, -0.2) is 16.1 Å². The van der Waals surface area contributed by atoms with E-state index in [1.54, 1.807) is 6.20 Å². The van der Waals surface area contributed by atoms with Crippen LogP contribution in [0.1, 0.15) is 38.3 Å². The molecule has 0 saturated carbocycles. The second-order valence-corrected chi connectivity index (χ2v) is 4.98. The lowest BCUT2D eigenvalue weighted by molar-refractivity contribution is 0.0949. The summed E-state index contributed by atoms with van der Waals surface area (Å²) in [5.74, 6) is -0.0319. The highest BCUT2D eigenvalue weighted by atomic mass is 16.1. The lowest BCUT2D eigenvalue weighted by atomic mass is 9.99. The molecular formula is C15H19N3O. The molecule has 0 saturated heterocycles. The van der Waals surface area contributed by atoms with Crippen molar-refractivity contribution >= 4 is 5.91 Å². The van der Waals surface area contributed by atoms with Gasteiger partial charge in [-0.25, -0.2) is 0 Å². The number of hydrogen-bond donors (Lipinski definition) is 2. The highest BCUT2D eigenvalue weighted by molar-refractivity contribution is 5.97. The Labute approximate surface area is 113 Å². The number of hydrogen-bond acceptors (Lipinski definition) is 2. The van der Waals surface area contributed by atoms with Crippen LogP contribution in [0.4, 0.5) is 0 Å². The molecule has 0 bridgehead atoms. The van der Waals surface area contributed by atoms with Crippen molar-refractivity contribution in [1.29, 1.82) is 0 Å². The summed E-state index contributed by atoms with van der Waals surface area (Å²) < 4.78 is 0. The fourth-order valence-corrected chi connectivity index (χ4v) is 2.36. The first-order valence-electron chi connectivity index (χ1n) is 6.34. The fraction of sp³-hybridized carbons (Fsp3) is 0.333. The van der Waals surface area contributed by atoms with Crippen LogP contribution in [0.15, 0.2) is 18.3 Å². The number of H-pyrrole nitrogens is 1. The van der Waals surface area contributed by atoms with Crippen LogP contribution in [0.2, 0.25) is 0 Å². The highest BCUT2D eigenvalue weighted by Crippen LogP contribution is 2.16. The maximum atomic E-state index is 12.3. The van der Waals surface area contributed by atoms with Gasteiger partial charge in [-0.3, -0.25) is 9.89 Å². The zero-order valence-electron chi connectivity index (χ0n) is 11.8. The average molecular weight is 257 g/mol. The van der Waals surface area contributed by atoms with E-state index >= 15 is 0 Å². The molecule has 4 heteroatoms. The van der Waals surface area contributed by atoms with Crippen molar-refractivity contribution in [1.82, 2.24) is 15.5 Å². The summed E-state index contributed by atoms with van der Waals surface area (Å²) in [6.07, 6.45) is 1.74. The average Bonchev–Trinajstić information content (AvgIpc) is 2.70. The van der Waals surface area contributed by atoms with Crippen molar-refractivity contribution in [3.05, 3.63) is 51.8 Å². The van der Waals surface area contributed by atoms with Crippen LogP contribution in [0, 0.1) is 27.7 Å². The van der Waals surface area contributed by atoms with Crippen molar-refractivity contribution in [2.75, 3.05) is 0 Å². The number of aromatic amines is 1. The van der Waals surface area contributed by atoms with Crippen LogP contribution in [-0.2, 0) is 6.54 Å². The van der Waals surface area contributed by atoms with E-state index in [0.29, 0.717) is 6.54 Å². The van der Waals surface area contributed by atoms with Gasteiger partial charge in [0.05, 0.1) is 6.20 Å². The molecule has 0 unspecified atom stereocenters. The zero-order chi connectivity index (χ0) is 14.0. The maximum absolute atomic E-state index is 12.3. The van der Waals surface area contributed by atoms with Crippen LogP contribution < -0.4 is 5.32 Å². The molecule has 1 aromatic carbocycles. The molecule has 2 N–H and O–H groups in total. The smallest absolute Gasteiger partial charge is 0.252 e. The molecule has 0 aliphatic carbocycles. The van der Waals surface area contributed by atoms with Gasteiger partial charge in [-0.2, -0.15) is 5.10 Å². The summed E-state index contributed by atoms with van der Waals surface area (Å²) >= 11 is 0. The van der Waals surface area contributed by atoms with E-state index < -0.39 is 0 Å². The number of aromatic nitrogens is 2. The van der Waals surface area contributed by atoms with E-state index in [4.69, 9.17) is 0 Å². The molecule has 0 aliphatic rings. The van der Waals surface area contributed by atoms with Gasteiger partial charge in [0.25, 0.3) is 5.91 Å². The minimum Gasteiger partial charge on any atom is -0.348 e. The first kappa shape index (κ1) is 13.3. The Bertz CT molecular complexity index is 591. The third kappa shape index (κ3) is 2.84. The minimum absolute atomic E-state index is 0.0319. The lowest BCUT2D eigenvalue weighted by Crippen LogP contribution is -2.24. The van der Waals surface area contributed by atoms with E-state index in [0.717, 1.165) is 27.9 Å². The second-order valence-electron chi connectivity index (χ2n) is 4.98. The molecule has 0 aliphatic heterocycles. The van der Waals surface area contributed by atoms with Crippen LogP contribution in [0.5, 0.6) is 0 Å². The van der Waals surface area contributed by atoms with E-state index in [9.17, 15) is 4.79 Å². The Morgan fingerprint density at radius 2 is 1.84 bits per heavy atom. The Morgan fingerprint density at radius 3 is 2.37 bits per heavy atom. The van der Waals surface area contributed by atoms with Crippen molar-refractivity contribution in [3.8, 4) is 0 Å². The van der Waals surface area contributed by atoms with E-state index in [1.807, 2.05) is 39.8 Å². The molecule has 1 aromatic heterocycles. The van der Waals surface area contributed by atoms with Crippen molar-refractivity contribution < 1.29 is 4.79 Å². The lowest BCUT2D eigenvalue weighted by Gasteiger charge is -2.11. The number of aryl methyl sites for hydroxylation is 4. The van der Waals surface area contributed by atoms with Gasteiger partial charge in [0.15, 0.2) is 0 Å². The van der Waals surface area contributed by atoms with Gasteiger partial charge in [-0.1, -0.05) is 17.7 Å². The molecular weight excluding hydrogens is 238 g/mol. The monoisotopic (exact) mass is 257 g/mol. The molecule has 4 nitrogen and oxygen atoms in total. The molecule has 100 valence electrons. The quantitative estimate of drug-likeness (QED) is 0.888. The molecule has 0 fully saturated rings. The summed E-state index contributed by atoms with van der Waals surface area (Å²) in [6.45, 7) is 8.41. The largest absolute Gasteiger partial charge is 0.348 e. The van der Waals surface area contributed by atoms with Gasteiger partial charge >= 0.3 is 0 Å². The zero-order valence-corrected chi connectivity index (χ0v) is 11.8. The summed E-state index contributed by atoms with van der Waals surface area (Å²) in [6, 6.07) is 4.07. The second kappa shape index (κ2) is 5.26. The summed E-state index contributed by atoms with van der Waals surface area (Å²) in [5.41, 5.74) is 5.97.